The zero-order valence-electron chi connectivity index (χ0n) is 19.9. The number of carbonyl (C=O) groups excluding carboxylic acids is 1. The third kappa shape index (κ3) is 6.25. The molecule has 2 aromatic heterocycles. The maximum atomic E-state index is 12.6. The molecule has 0 aliphatic carbocycles. The first kappa shape index (κ1) is 25.2. The second-order valence-electron chi connectivity index (χ2n) is 8.10. The van der Waals surface area contributed by atoms with Gasteiger partial charge in [-0.1, -0.05) is 84.6 Å². The van der Waals surface area contributed by atoms with Gasteiger partial charge in [0, 0.05) is 40.8 Å². The third-order valence-corrected chi connectivity index (χ3v) is 7.14. The Labute approximate surface area is 226 Å². The van der Waals surface area contributed by atoms with Crippen LogP contribution >= 0.6 is 23.1 Å². The number of nitro benzene ring substituents is 1. The van der Waals surface area contributed by atoms with Gasteiger partial charge >= 0.3 is 0 Å². The molecule has 11 heteroatoms. The molecule has 0 spiro atoms. The first-order valence-corrected chi connectivity index (χ1v) is 13.3. The Morgan fingerprint density at radius 1 is 0.921 bits per heavy atom. The summed E-state index contributed by atoms with van der Waals surface area (Å²) in [6.45, 7) is 0. The third-order valence-electron chi connectivity index (χ3n) is 5.39. The molecule has 0 unspecified atom stereocenters. The number of thioether (sulfide) groups is 1. The molecule has 0 aliphatic heterocycles. The van der Waals surface area contributed by atoms with Crippen molar-refractivity contribution in [3.63, 3.8) is 0 Å². The number of carbonyl (C=O) groups is 1. The smallest absolute Gasteiger partial charge is 0.269 e. The molecule has 5 rings (SSSR count). The van der Waals surface area contributed by atoms with Crippen LogP contribution in [0.1, 0.15) is 10.4 Å². The van der Waals surface area contributed by atoms with Gasteiger partial charge in [0.1, 0.15) is 11.4 Å². The number of aromatic nitrogens is 4. The molecule has 0 saturated carbocycles. The molecule has 1 N–H and O–H groups in total. The monoisotopic (exact) mass is 540 g/mol. The number of anilines is 1. The quantitative estimate of drug-likeness (QED) is 0.139. The molecular weight excluding hydrogens is 520 g/mol. The fraction of sp³-hybridized carbons (Fsp3) is 0.0741. The molecular formula is C27H20N6O3S2. The number of hydrogen-bond acceptors (Lipinski definition) is 9. The lowest BCUT2D eigenvalue weighted by atomic mass is 10.0. The van der Waals surface area contributed by atoms with Crippen LogP contribution in [0.3, 0.4) is 0 Å². The zero-order valence-corrected chi connectivity index (χ0v) is 21.5. The molecule has 0 radical (unpaired) electrons. The number of thiazole rings is 1. The van der Waals surface area contributed by atoms with Gasteiger partial charge in [0.15, 0.2) is 5.13 Å². The van der Waals surface area contributed by atoms with Crippen molar-refractivity contribution in [2.24, 2.45) is 0 Å². The fourth-order valence-electron chi connectivity index (χ4n) is 3.67. The highest BCUT2D eigenvalue weighted by Gasteiger charge is 2.15. The van der Waals surface area contributed by atoms with Crippen LogP contribution in [0.25, 0.3) is 22.5 Å². The average molecular weight is 541 g/mol. The van der Waals surface area contributed by atoms with Crippen molar-refractivity contribution in [3.8, 4) is 22.5 Å². The standard InChI is InChI=1S/C27H20N6O3S2/c34-23(29-26-28-16-22(38-26)15-18-8-7-13-21(14-18)33(35)36)17-37-27-30-24(19-9-3-1-4-10-19)25(31-32-27)20-11-5-2-6-12-20/h1-14,16H,15,17H2,(H,28,29,34). The summed E-state index contributed by atoms with van der Waals surface area (Å²) in [6, 6.07) is 25.9. The van der Waals surface area contributed by atoms with Gasteiger partial charge in [-0.2, -0.15) is 0 Å². The molecule has 0 bridgehead atoms. The van der Waals surface area contributed by atoms with Gasteiger partial charge in [-0.25, -0.2) is 9.97 Å². The Morgan fingerprint density at radius 2 is 1.63 bits per heavy atom. The van der Waals surface area contributed by atoms with E-state index in [-0.39, 0.29) is 17.3 Å². The van der Waals surface area contributed by atoms with Crippen molar-refractivity contribution in [2.75, 3.05) is 11.1 Å². The maximum Gasteiger partial charge on any atom is 0.269 e. The highest BCUT2D eigenvalue weighted by Crippen LogP contribution is 2.30. The second-order valence-corrected chi connectivity index (χ2v) is 10.2. The minimum absolute atomic E-state index is 0.0431. The van der Waals surface area contributed by atoms with E-state index in [1.54, 1.807) is 12.3 Å². The van der Waals surface area contributed by atoms with Crippen LogP contribution in [0.15, 0.2) is 96.3 Å². The summed E-state index contributed by atoms with van der Waals surface area (Å²) in [5, 5.41) is 23.3. The number of nitrogens with zero attached hydrogens (tertiary/aromatic N) is 5. The number of rotatable bonds is 9. The van der Waals surface area contributed by atoms with E-state index in [0.717, 1.165) is 21.6 Å². The largest absolute Gasteiger partial charge is 0.301 e. The lowest BCUT2D eigenvalue weighted by Gasteiger charge is -2.09. The highest BCUT2D eigenvalue weighted by molar-refractivity contribution is 7.99. The van der Waals surface area contributed by atoms with Gasteiger partial charge in [-0.05, 0) is 5.56 Å². The van der Waals surface area contributed by atoms with Crippen LogP contribution in [-0.4, -0.2) is 36.7 Å². The number of amides is 1. The summed E-state index contributed by atoms with van der Waals surface area (Å²) in [5.41, 5.74) is 4.03. The van der Waals surface area contributed by atoms with Gasteiger partial charge in [-0.15, -0.1) is 21.5 Å². The molecule has 9 nitrogen and oxygen atoms in total. The molecule has 38 heavy (non-hydrogen) atoms. The summed E-state index contributed by atoms with van der Waals surface area (Å²) < 4.78 is 0. The van der Waals surface area contributed by atoms with Crippen LogP contribution in [0.2, 0.25) is 0 Å². The molecule has 0 atom stereocenters. The van der Waals surface area contributed by atoms with Crippen molar-refractivity contribution in [2.45, 2.75) is 11.6 Å². The molecule has 0 fully saturated rings. The van der Waals surface area contributed by atoms with Gasteiger partial charge in [-0.3, -0.25) is 14.9 Å². The van der Waals surface area contributed by atoms with Crippen molar-refractivity contribution in [1.29, 1.82) is 0 Å². The summed E-state index contributed by atoms with van der Waals surface area (Å²) >= 11 is 2.52. The summed E-state index contributed by atoms with van der Waals surface area (Å²) in [5.74, 6) is -0.163. The highest BCUT2D eigenvalue weighted by atomic mass is 32.2. The number of nitro groups is 1. The second kappa shape index (κ2) is 11.7. The van der Waals surface area contributed by atoms with Gasteiger partial charge in [0.2, 0.25) is 11.1 Å². The predicted octanol–water partition coefficient (Wildman–Crippen LogP) is 5.89. The topological polar surface area (TPSA) is 124 Å². The molecule has 3 aromatic carbocycles. The fourth-order valence-corrected chi connectivity index (χ4v) is 5.12. The SMILES string of the molecule is O=C(CSc1nnc(-c2ccccc2)c(-c2ccccc2)n1)Nc1ncc(Cc2cccc([N+](=O)[O-])c2)s1. The van der Waals surface area contributed by atoms with E-state index >= 15 is 0 Å². The van der Waals surface area contributed by atoms with Crippen LogP contribution < -0.4 is 5.32 Å². The van der Waals surface area contributed by atoms with Crippen molar-refractivity contribution in [1.82, 2.24) is 20.2 Å². The predicted molar refractivity (Wildman–Crippen MR) is 148 cm³/mol. The normalized spacial score (nSPS) is 10.7. The van der Waals surface area contributed by atoms with Gasteiger partial charge < -0.3 is 5.32 Å². The lowest BCUT2D eigenvalue weighted by molar-refractivity contribution is -0.384. The van der Waals surface area contributed by atoms with Crippen LogP contribution in [-0.2, 0) is 11.2 Å². The summed E-state index contributed by atoms with van der Waals surface area (Å²) in [7, 11) is 0. The minimum atomic E-state index is -0.420. The molecule has 0 aliphatic rings. The Bertz CT molecular complexity index is 1580. The number of non-ortho nitro benzene ring substituents is 1. The van der Waals surface area contributed by atoms with E-state index in [4.69, 9.17) is 4.98 Å². The lowest BCUT2D eigenvalue weighted by Crippen LogP contribution is -2.14. The Morgan fingerprint density at radius 3 is 2.34 bits per heavy atom. The molecule has 188 valence electrons. The van der Waals surface area contributed by atoms with Crippen LogP contribution in [0.5, 0.6) is 0 Å². The summed E-state index contributed by atoms with van der Waals surface area (Å²) in [4.78, 5) is 33.0. The van der Waals surface area contributed by atoms with Crippen molar-refractivity contribution in [3.05, 3.63) is 112 Å². The van der Waals surface area contributed by atoms with E-state index in [2.05, 4.69) is 20.5 Å². The first-order chi connectivity index (χ1) is 18.5. The van der Waals surface area contributed by atoms with Gasteiger partial charge in [0.05, 0.1) is 10.7 Å². The molecule has 2 heterocycles. The first-order valence-electron chi connectivity index (χ1n) is 11.5. The maximum absolute atomic E-state index is 12.6. The van der Waals surface area contributed by atoms with Gasteiger partial charge in [0.25, 0.3) is 5.69 Å². The van der Waals surface area contributed by atoms with Crippen molar-refractivity contribution >= 4 is 39.8 Å². The van der Waals surface area contributed by atoms with E-state index in [0.29, 0.717) is 28.1 Å². The van der Waals surface area contributed by atoms with Crippen LogP contribution in [0.4, 0.5) is 10.8 Å². The number of nitrogens with one attached hydrogen (secondary N) is 1. The van der Waals surface area contributed by atoms with Crippen molar-refractivity contribution < 1.29 is 9.72 Å². The Kier molecular flexibility index (Phi) is 7.76. The summed E-state index contributed by atoms with van der Waals surface area (Å²) in [6.07, 6.45) is 2.15. The minimum Gasteiger partial charge on any atom is -0.301 e. The van der Waals surface area contributed by atoms with E-state index in [9.17, 15) is 14.9 Å². The van der Waals surface area contributed by atoms with E-state index in [1.807, 2.05) is 66.7 Å². The van der Waals surface area contributed by atoms with E-state index < -0.39 is 4.92 Å². The molecule has 0 saturated heterocycles. The number of benzene rings is 3. The Hall–Kier alpha value is -4.48. The molecule has 1 amide bonds. The number of hydrogen-bond donors (Lipinski definition) is 1. The van der Waals surface area contributed by atoms with Crippen LogP contribution in [0, 0.1) is 10.1 Å². The van der Waals surface area contributed by atoms with E-state index in [1.165, 1.54) is 35.2 Å². The Balaban J connectivity index is 1.24. The average Bonchev–Trinajstić information content (AvgIpc) is 3.39. The zero-order chi connectivity index (χ0) is 26.3. The molecule has 5 aromatic rings.